The fraction of sp³-hybridized carbons (Fsp3) is 0.462. The molecule has 0 aromatic heterocycles. The molecule has 0 fully saturated rings. The fourth-order valence-electron chi connectivity index (χ4n) is 1.75. The Hall–Kier alpha value is -1.15. The van der Waals surface area contributed by atoms with Crippen molar-refractivity contribution in [3.05, 3.63) is 28.3 Å². The van der Waals surface area contributed by atoms with Crippen molar-refractivity contribution < 1.29 is 17.9 Å². The molecule has 0 heterocycles. The highest BCUT2D eigenvalue weighted by Gasteiger charge is 2.19. The summed E-state index contributed by atoms with van der Waals surface area (Å²) in [5.41, 5.74) is 0.670. The molecule has 1 unspecified atom stereocenters. The monoisotopic (exact) mass is 334 g/mol. The SMILES string of the molecule is COCCC(C)NC(=O)c1cc(C)c(Cl)c(S(N)(=O)=O)c1. The molecule has 0 spiro atoms. The van der Waals surface area contributed by atoms with Crippen molar-refractivity contribution in [3.8, 4) is 0 Å². The van der Waals surface area contributed by atoms with E-state index in [1.165, 1.54) is 12.1 Å². The molecule has 21 heavy (non-hydrogen) atoms. The second-order valence-corrected chi connectivity index (χ2v) is 6.71. The molecular formula is C13H19ClN2O4S. The van der Waals surface area contributed by atoms with Gasteiger partial charge in [0.1, 0.15) is 4.90 Å². The number of sulfonamides is 1. The summed E-state index contributed by atoms with van der Waals surface area (Å²) in [4.78, 5) is 11.9. The number of carbonyl (C=O) groups is 1. The van der Waals surface area contributed by atoms with Crippen LogP contribution in [0.1, 0.15) is 29.3 Å². The first-order chi connectivity index (χ1) is 9.66. The molecule has 0 aliphatic rings. The van der Waals surface area contributed by atoms with E-state index in [0.717, 1.165) is 0 Å². The van der Waals surface area contributed by atoms with E-state index >= 15 is 0 Å². The Balaban J connectivity index is 3.04. The molecule has 1 rings (SSSR count). The number of ether oxygens (including phenoxy) is 1. The van der Waals surface area contributed by atoms with Crippen LogP contribution in [0.3, 0.4) is 0 Å². The molecule has 0 aliphatic carbocycles. The van der Waals surface area contributed by atoms with Crippen LogP contribution in [0, 0.1) is 6.92 Å². The number of nitrogens with two attached hydrogens (primary N) is 1. The molecule has 1 aromatic carbocycles. The number of rotatable bonds is 6. The smallest absolute Gasteiger partial charge is 0.251 e. The van der Waals surface area contributed by atoms with Crippen LogP contribution in [0.5, 0.6) is 0 Å². The third-order valence-corrected chi connectivity index (χ3v) is 4.47. The molecule has 0 saturated heterocycles. The number of halogens is 1. The molecule has 6 nitrogen and oxygen atoms in total. The lowest BCUT2D eigenvalue weighted by Gasteiger charge is -2.14. The topological polar surface area (TPSA) is 98.5 Å². The standard InChI is InChI=1S/C13H19ClN2O4S/c1-8-6-10(7-11(12(8)14)21(15,18)19)13(17)16-9(2)4-5-20-3/h6-7,9H,4-5H2,1-3H3,(H,16,17)(H2,15,18,19). The number of hydrogen-bond acceptors (Lipinski definition) is 4. The Morgan fingerprint density at radius 1 is 1.48 bits per heavy atom. The molecule has 3 N–H and O–H groups in total. The summed E-state index contributed by atoms with van der Waals surface area (Å²) in [6, 6.07) is 2.60. The van der Waals surface area contributed by atoms with Crippen LogP contribution >= 0.6 is 11.6 Å². The lowest BCUT2D eigenvalue weighted by atomic mass is 10.1. The summed E-state index contributed by atoms with van der Waals surface area (Å²) in [7, 11) is -2.41. The Labute approximate surface area is 129 Å². The Kier molecular flexibility index (Phi) is 6.15. The van der Waals surface area contributed by atoms with E-state index in [1.54, 1.807) is 14.0 Å². The average molecular weight is 335 g/mol. The number of nitrogens with one attached hydrogen (secondary N) is 1. The maximum absolute atomic E-state index is 12.1. The number of aryl methyl sites for hydroxylation is 1. The highest BCUT2D eigenvalue weighted by Crippen LogP contribution is 2.26. The van der Waals surface area contributed by atoms with Gasteiger partial charge in [-0.15, -0.1) is 0 Å². The van der Waals surface area contributed by atoms with Gasteiger partial charge in [0.15, 0.2) is 0 Å². The number of methoxy groups -OCH3 is 1. The van der Waals surface area contributed by atoms with Crippen LogP contribution in [0.25, 0.3) is 0 Å². The van der Waals surface area contributed by atoms with Gasteiger partial charge in [-0.25, -0.2) is 13.6 Å². The van der Waals surface area contributed by atoms with Gasteiger partial charge >= 0.3 is 0 Å². The van der Waals surface area contributed by atoms with E-state index in [4.69, 9.17) is 21.5 Å². The molecule has 0 radical (unpaired) electrons. The molecule has 0 aliphatic heterocycles. The van der Waals surface area contributed by atoms with Crippen molar-refractivity contribution in [2.24, 2.45) is 5.14 Å². The molecule has 118 valence electrons. The van der Waals surface area contributed by atoms with Crippen molar-refractivity contribution in [2.75, 3.05) is 13.7 Å². The fourth-order valence-corrected chi connectivity index (χ4v) is 2.88. The van der Waals surface area contributed by atoms with Gasteiger partial charge < -0.3 is 10.1 Å². The maximum Gasteiger partial charge on any atom is 0.251 e. The molecule has 0 bridgehead atoms. The number of primary sulfonamides is 1. The van der Waals surface area contributed by atoms with E-state index in [2.05, 4.69) is 5.32 Å². The zero-order chi connectivity index (χ0) is 16.2. The summed E-state index contributed by atoms with van der Waals surface area (Å²) in [6.45, 7) is 3.96. The third-order valence-electron chi connectivity index (χ3n) is 2.92. The van der Waals surface area contributed by atoms with Gasteiger partial charge in [0.25, 0.3) is 5.91 Å². The number of carbonyl (C=O) groups excluding carboxylic acids is 1. The van der Waals surface area contributed by atoms with E-state index < -0.39 is 10.0 Å². The first-order valence-electron chi connectivity index (χ1n) is 6.29. The predicted octanol–water partition coefficient (Wildman–Crippen LogP) is 1.45. The summed E-state index contributed by atoms with van der Waals surface area (Å²) in [5, 5.41) is 7.89. The van der Waals surface area contributed by atoms with Gasteiger partial charge in [-0.2, -0.15) is 0 Å². The molecule has 8 heteroatoms. The first-order valence-corrected chi connectivity index (χ1v) is 8.22. The summed E-state index contributed by atoms with van der Waals surface area (Å²) in [6.07, 6.45) is 0.650. The number of benzene rings is 1. The first kappa shape index (κ1) is 17.9. The summed E-state index contributed by atoms with van der Waals surface area (Å²) in [5.74, 6) is -0.386. The van der Waals surface area contributed by atoms with Crippen molar-refractivity contribution in [2.45, 2.75) is 31.2 Å². The Morgan fingerprint density at radius 3 is 2.62 bits per heavy atom. The average Bonchev–Trinajstić information content (AvgIpc) is 2.37. The van der Waals surface area contributed by atoms with Crippen molar-refractivity contribution >= 4 is 27.5 Å². The highest BCUT2D eigenvalue weighted by molar-refractivity contribution is 7.89. The van der Waals surface area contributed by atoms with Gasteiger partial charge in [0.2, 0.25) is 10.0 Å². The molecular weight excluding hydrogens is 316 g/mol. The van der Waals surface area contributed by atoms with Gasteiger partial charge in [-0.1, -0.05) is 11.6 Å². The second-order valence-electron chi connectivity index (χ2n) is 4.81. The minimum absolute atomic E-state index is 0.0291. The van der Waals surface area contributed by atoms with Crippen molar-refractivity contribution in [3.63, 3.8) is 0 Å². The normalized spacial score (nSPS) is 13.0. The van der Waals surface area contributed by atoms with Crippen LogP contribution in [0.4, 0.5) is 0 Å². The Bertz CT molecular complexity index is 631. The minimum atomic E-state index is -3.99. The minimum Gasteiger partial charge on any atom is -0.385 e. The lowest BCUT2D eigenvalue weighted by Crippen LogP contribution is -2.33. The van der Waals surface area contributed by atoms with Crippen LogP contribution in [-0.4, -0.2) is 34.1 Å². The second kappa shape index (κ2) is 7.22. The molecule has 1 atom stereocenters. The predicted molar refractivity (Wildman–Crippen MR) is 81.0 cm³/mol. The van der Waals surface area contributed by atoms with Gasteiger partial charge in [-0.3, -0.25) is 4.79 Å². The molecule has 1 amide bonds. The Morgan fingerprint density at radius 2 is 2.10 bits per heavy atom. The lowest BCUT2D eigenvalue weighted by molar-refractivity contribution is 0.0929. The number of hydrogen-bond donors (Lipinski definition) is 2. The van der Waals surface area contributed by atoms with Crippen LogP contribution in [0.15, 0.2) is 17.0 Å². The molecule has 0 saturated carbocycles. The third kappa shape index (κ3) is 4.96. The highest BCUT2D eigenvalue weighted by atomic mass is 35.5. The van der Waals surface area contributed by atoms with E-state index in [-0.39, 0.29) is 27.4 Å². The van der Waals surface area contributed by atoms with Gasteiger partial charge in [-0.05, 0) is 38.0 Å². The van der Waals surface area contributed by atoms with E-state index in [9.17, 15) is 13.2 Å². The van der Waals surface area contributed by atoms with Gasteiger partial charge in [0, 0.05) is 25.3 Å². The van der Waals surface area contributed by atoms with E-state index in [1.807, 2.05) is 6.92 Å². The van der Waals surface area contributed by atoms with E-state index in [0.29, 0.717) is 18.6 Å². The summed E-state index contributed by atoms with van der Waals surface area (Å²) < 4.78 is 27.9. The van der Waals surface area contributed by atoms with Crippen molar-refractivity contribution in [1.29, 1.82) is 0 Å². The largest absolute Gasteiger partial charge is 0.385 e. The number of amides is 1. The van der Waals surface area contributed by atoms with Gasteiger partial charge in [0.05, 0.1) is 5.02 Å². The maximum atomic E-state index is 12.1. The van der Waals surface area contributed by atoms with Crippen LogP contribution in [-0.2, 0) is 14.8 Å². The quantitative estimate of drug-likeness (QED) is 0.822. The molecule has 1 aromatic rings. The zero-order valence-corrected chi connectivity index (χ0v) is 13.7. The zero-order valence-electron chi connectivity index (χ0n) is 12.1. The van der Waals surface area contributed by atoms with Crippen LogP contribution < -0.4 is 10.5 Å². The summed E-state index contributed by atoms with van der Waals surface area (Å²) >= 11 is 5.92. The van der Waals surface area contributed by atoms with Crippen LogP contribution in [0.2, 0.25) is 5.02 Å². The van der Waals surface area contributed by atoms with Crippen molar-refractivity contribution in [1.82, 2.24) is 5.32 Å².